The summed E-state index contributed by atoms with van der Waals surface area (Å²) in [5, 5.41) is 2.81. The number of rotatable bonds is 10. The molecule has 1 aromatic carbocycles. The monoisotopic (exact) mass is 376 g/mol. The van der Waals surface area contributed by atoms with E-state index >= 15 is 0 Å². The van der Waals surface area contributed by atoms with Crippen LogP contribution in [0.2, 0.25) is 0 Å². The highest BCUT2D eigenvalue weighted by molar-refractivity contribution is 7.14. The van der Waals surface area contributed by atoms with Crippen LogP contribution in [0, 0.1) is 0 Å². The Bertz CT molecular complexity index is 681. The summed E-state index contributed by atoms with van der Waals surface area (Å²) in [5.41, 5.74) is 1.93. The molecule has 0 aliphatic heterocycles. The van der Waals surface area contributed by atoms with Crippen molar-refractivity contribution in [2.24, 2.45) is 0 Å². The summed E-state index contributed by atoms with van der Waals surface area (Å²) in [6.07, 6.45) is 1.48. The molecule has 1 amide bonds. The molecule has 0 aliphatic carbocycles. The van der Waals surface area contributed by atoms with Crippen molar-refractivity contribution in [2.45, 2.75) is 33.6 Å². The lowest BCUT2D eigenvalue weighted by molar-refractivity contribution is -0.896. The SMILES string of the molecule is CCC(=O)N(CCC[NH+](CC)CC)c1nc(-c2ccc(OC)cc2)cs1. The van der Waals surface area contributed by atoms with E-state index in [9.17, 15) is 4.79 Å². The summed E-state index contributed by atoms with van der Waals surface area (Å²) in [7, 11) is 1.66. The number of ether oxygens (including phenoxy) is 1. The Balaban J connectivity index is 2.10. The topological polar surface area (TPSA) is 46.9 Å². The van der Waals surface area contributed by atoms with Gasteiger partial charge in [-0.2, -0.15) is 0 Å². The van der Waals surface area contributed by atoms with Crippen LogP contribution < -0.4 is 14.5 Å². The van der Waals surface area contributed by atoms with Gasteiger partial charge in [0.15, 0.2) is 5.13 Å². The largest absolute Gasteiger partial charge is 0.497 e. The number of hydrogen-bond acceptors (Lipinski definition) is 4. The van der Waals surface area contributed by atoms with Gasteiger partial charge in [-0.15, -0.1) is 11.3 Å². The van der Waals surface area contributed by atoms with Gasteiger partial charge in [0.25, 0.3) is 0 Å². The number of nitrogens with zero attached hydrogens (tertiary/aromatic N) is 2. The number of nitrogens with one attached hydrogen (secondary N) is 1. The minimum absolute atomic E-state index is 0.134. The van der Waals surface area contributed by atoms with Crippen LogP contribution in [0.1, 0.15) is 33.6 Å². The fraction of sp³-hybridized carbons (Fsp3) is 0.500. The van der Waals surface area contributed by atoms with Crippen molar-refractivity contribution in [2.75, 3.05) is 38.2 Å². The molecule has 0 aliphatic rings. The van der Waals surface area contributed by atoms with Crippen LogP contribution in [-0.4, -0.2) is 44.2 Å². The number of hydrogen-bond donors (Lipinski definition) is 1. The molecule has 0 atom stereocenters. The number of quaternary nitrogens is 1. The van der Waals surface area contributed by atoms with E-state index in [1.165, 1.54) is 11.3 Å². The number of methoxy groups -OCH3 is 1. The Hall–Kier alpha value is -1.92. The van der Waals surface area contributed by atoms with Crippen LogP contribution in [0.15, 0.2) is 29.6 Å². The molecule has 0 bridgehead atoms. The highest BCUT2D eigenvalue weighted by Crippen LogP contribution is 2.29. The van der Waals surface area contributed by atoms with Crippen molar-refractivity contribution in [1.82, 2.24) is 4.98 Å². The van der Waals surface area contributed by atoms with Crippen molar-refractivity contribution >= 4 is 22.4 Å². The second kappa shape index (κ2) is 10.3. The van der Waals surface area contributed by atoms with E-state index in [0.29, 0.717) is 6.42 Å². The quantitative estimate of drug-likeness (QED) is 0.694. The summed E-state index contributed by atoms with van der Waals surface area (Å²) in [5.74, 6) is 0.959. The van der Waals surface area contributed by atoms with Gasteiger partial charge in [-0.05, 0) is 38.1 Å². The Morgan fingerprint density at radius 3 is 2.46 bits per heavy atom. The zero-order chi connectivity index (χ0) is 18.9. The van der Waals surface area contributed by atoms with Crippen LogP contribution in [0.5, 0.6) is 5.75 Å². The molecular weight excluding hydrogens is 346 g/mol. The van der Waals surface area contributed by atoms with Gasteiger partial charge in [0.2, 0.25) is 5.91 Å². The summed E-state index contributed by atoms with van der Waals surface area (Å²) in [6.45, 7) is 10.4. The van der Waals surface area contributed by atoms with E-state index in [-0.39, 0.29) is 5.91 Å². The second-order valence-corrected chi connectivity index (χ2v) is 7.04. The van der Waals surface area contributed by atoms with Crippen LogP contribution in [0.4, 0.5) is 5.13 Å². The first-order valence-electron chi connectivity index (χ1n) is 9.36. The summed E-state index contributed by atoms with van der Waals surface area (Å²) in [6, 6.07) is 7.84. The molecule has 1 aromatic heterocycles. The smallest absolute Gasteiger partial charge is 0.228 e. The van der Waals surface area contributed by atoms with E-state index < -0.39 is 0 Å². The highest BCUT2D eigenvalue weighted by atomic mass is 32.1. The molecule has 142 valence electrons. The number of benzene rings is 1. The summed E-state index contributed by atoms with van der Waals surface area (Å²) >= 11 is 1.53. The number of amides is 1. The van der Waals surface area contributed by atoms with Gasteiger partial charge in [0.1, 0.15) is 5.75 Å². The molecule has 2 aromatic rings. The van der Waals surface area contributed by atoms with Gasteiger partial charge in [-0.1, -0.05) is 6.92 Å². The minimum atomic E-state index is 0.134. The van der Waals surface area contributed by atoms with Gasteiger partial charge in [-0.25, -0.2) is 4.98 Å². The third-order valence-electron chi connectivity index (χ3n) is 4.62. The molecule has 0 spiro atoms. The average Bonchev–Trinajstić information content (AvgIpc) is 3.17. The van der Waals surface area contributed by atoms with Gasteiger partial charge >= 0.3 is 0 Å². The fourth-order valence-electron chi connectivity index (χ4n) is 2.89. The molecule has 2 rings (SSSR count). The first-order chi connectivity index (χ1) is 12.6. The van der Waals surface area contributed by atoms with Crippen molar-refractivity contribution in [3.8, 4) is 17.0 Å². The van der Waals surface area contributed by atoms with Gasteiger partial charge in [0, 0.05) is 30.3 Å². The number of carbonyl (C=O) groups is 1. The van der Waals surface area contributed by atoms with E-state index in [1.807, 2.05) is 41.5 Å². The molecule has 0 saturated carbocycles. The molecular formula is C20H30N3O2S+. The Kier molecular flexibility index (Phi) is 8.06. The molecule has 26 heavy (non-hydrogen) atoms. The predicted molar refractivity (Wildman–Crippen MR) is 108 cm³/mol. The zero-order valence-electron chi connectivity index (χ0n) is 16.2. The van der Waals surface area contributed by atoms with Gasteiger partial charge in [-0.3, -0.25) is 9.69 Å². The molecule has 1 N–H and O–H groups in total. The second-order valence-electron chi connectivity index (χ2n) is 6.20. The first kappa shape index (κ1) is 20.4. The highest BCUT2D eigenvalue weighted by Gasteiger charge is 2.18. The molecule has 0 radical (unpaired) electrons. The predicted octanol–water partition coefficient (Wildman–Crippen LogP) is 2.88. The Morgan fingerprint density at radius 1 is 1.19 bits per heavy atom. The zero-order valence-corrected chi connectivity index (χ0v) is 17.1. The van der Waals surface area contributed by atoms with Crippen LogP contribution in [0.25, 0.3) is 11.3 Å². The first-order valence-corrected chi connectivity index (χ1v) is 10.2. The van der Waals surface area contributed by atoms with Crippen molar-refractivity contribution in [3.05, 3.63) is 29.6 Å². The molecule has 0 unspecified atom stereocenters. The van der Waals surface area contributed by atoms with E-state index in [0.717, 1.165) is 54.7 Å². The van der Waals surface area contributed by atoms with Crippen LogP contribution in [-0.2, 0) is 4.79 Å². The maximum Gasteiger partial charge on any atom is 0.228 e. The summed E-state index contributed by atoms with van der Waals surface area (Å²) in [4.78, 5) is 20.6. The van der Waals surface area contributed by atoms with Gasteiger partial charge in [0.05, 0.1) is 32.4 Å². The average molecular weight is 377 g/mol. The molecule has 6 heteroatoms. The normalized spacial score (nSPS) is 11.0. The lowest BCUT2D eigenvalue weighted by atomic mass is 10.2. The van der Waals surface area contributed by atoms with Crippen molar-refractivity contribution in [1.29, 1.82) is 0 Å². The number of anilines is 1. The van der Waals surface area contributed by atoms with E-state index in [2.05, 4.69) is 13.8 Å². The van der Waals surface area contributed by atoms with E-state index in [4.69, 9.17) is 9.72 Å². The number of thiazole rings is 1. The number of aromatic nitrogens is 1. The third kappa shape index (κ3) is 5.29. The van der Waals surface area contributed by atoms with Crippen LogP contribution in [0.3, 0.4) is 0 Å². The van der Waals surface area contributed by atoms with E-state index in [1.54, 1.807) is 12.0 Å². The molecule has 5 nitrogen and oxygen atoms in total. The number of carbonyl (C=O) groups excluding carboxylic acids is 1. The van der Waals surface area contributed by atoms with Crippen LogP contribution >= 0.6 is 11.3 Å². The maximum absolute atomic E-state index is 12.4. The Morgan fingerprint density at radius 2 is 1.88 bits per heavy atom. The lowest BCUT2D eigenvalue weighted by Gasteiger charge is -2.21. The molecule has 1 heterocycles. The molecule has 0 fully saturated rings. The van der Waals surface area contributed by atoms with Crippen molar-refractivity contribution < 1.29 is 14.4 Å². The molecule has 0 saturated heterocycles. The summed E-state index contributed by atoms with van der Waals surface area (Å²) < 4.78 is 5.20. The Labute approximate surface area is 160 Å². The van der Waals surface area contributed by atoms with Gasteiger partial charge < -0.3 is 9.64 Å². The standard InChI is InChI=1S/C20H29N3O2S/c1-5-19(24)23(14-8-13-22(6-2)7-3)20-21-18(15-26-20)16-9-11-17(25-4)12-10-16/h9-12,15H,5-8,13-14H2,1-4H3/p+1. The van der Waals surface area contributed by atoms with Crippen molar-refractivity contribution in [3.63, 3.8) is 0 Å². The lowest BCUT2D eigenvalue weighted by Crippen LogP contribution is -3.11. The maximum atomic E-state index is 12.4. The fourth-order valence-corrected chi connectivity index (χ4v) is 3.77. The minimum Gasteiger partial charge on any atom is -0.497 e. The third-order valence-corrected chi connectivity index (χ3v) is 5.49.